The van der Waals surface area contributed by atoms with Crippen molar-refractivity contribution in [2.75, 3.05) is 5.32 Å². The smallest absolute Gasteiger partial charge is 0.256 e. The lowest BCUT2D eigenvalue weighted by atomic mass is 10.2. The normalized spacial score (nSPS) is 10.5. The van der Waals surface area contributed by atoms with Gasteiger partial charge in [0, 0.05) is 16.7 Å². The zero-order chi connectivity index (χ0) is 16.2. The third-order valence-electron chi connectivity index (χ3n) is 3.29. The summed E-state index contributed by atoms with van der Waals surface area (Å²) in [5.74, 6) is -0.148. The number of halogens is 2. The first kappa shape index (κ1) is 15.2. The number of hydrogen-bond donors (Lipinski definition) is 1. The molecule has 0 aliphatic carbocycles. The molecule has 0 fully saturated rings. The first-order valence-electron chi connectivity index (χ1n) is 6.95. The van der Waals surface area contributed by atoms with Crippen LogP contribution in [0.15, 0.2) is 60.8 Å². The molecule has 0 radical (unpaired) electrons. The van der Waals surface area contributed by atoms with Crippen LogP contribution in [0.3, 0.4) is 0 Å². The standard InChI is InChI=1S/C17H13ClFN3O/c18-14-3-1-2-12(10-14)11-22-16(8-9-20-22)21-17(23)13-4-6-15(19)7-5-13/h1-10H,11H2,(H,21,23). The summed E-state index contributed by atoms with van der Waals surface area (Å²) >= 11 is 5.97. The van der Waals surface area contributed by atoms with Crippen LogP contribution in [0.4, 0.5) is 10.2 Å². The van der Waals surface area contributed by atoms with Crippen LogP contribution in [0.1, 0.15) is 15.9 Å². The van der Waals surface area contributed by atoms with Crippen LogP contribution < -0.4 is 5.32 Å². The number of aromatic nitrogens is 2. The second-order valence-electron chi connectivity index (χ2n) is 4.97. The molecule has 0 bridgehead atoms. The summed E-state index contributed by atoms with van der Waals surface area (Å²) in [6.07, 6.45) is 1.60. The molecule has 0 spiro atoms. The Morgan fingerprint density at radius 2 is 1.96 bits per heavy atom. The van der Waals surface area contributed by atoms with Gasteiger partial charge in [-0.2, -0.15) is 5.10 Å². The van der Waals surface area contributed by atoms with Gasteiger partial charge < -0.3 is 5.32 Å². The molecule has 0 unspecified atom stereocenters. The van der Waals surface area contributed by atoms with Gasteiger partial charge in [-0.05, 0) is 42.0 Å². The monoisotopic (exact) mass is 329 g/mol. The van der Waals surface area contributed by atoms with Crippen molar-refractivity contribution in [3.63, 3.8) is 0 Å². The maximum Gasteiger partial charge on any atom is 0.256 e. The van der Waals surface area contributed by atoms with E-state index >= 15 is 0 Å². The molecular formula is C17H13ClFN3O. The molecule has 2 aromatic carbocycles. The van der Waals surface area contributed by atoms with Gasteiger partial charge in [0.15, 0.2) is 0 Å². The fourth-order valence-corrected chi connectivity index (χ4v) is 2.38. The second-order valence-corrected chi connectivity index (χ2v) is 5.40. The minimum Gasteiger partial charge on any atom is -0.307 e. The molecule has 1 aromatic heterocycles. The van der Waals surface area contributed by atoms with Crippen molar-refractivity contribution in [3.8, 4) is 0 Å². The Balaban J connectivity index is 1.75. The Morgan fingerprint density at radius 3 is 2.70 bits per heavy atom. The van der Waals surface area contributed by atoms with Crippen LogP contribution in [0.2, 0.25) is 5.02 Å². The molecule has 116 valence electrons. The third-order valence-corrected chi connectivity index (χ3v) is 3.52. The predicted molar refractivity (Wildman–Crippen MR) is 87.1 cm³/mol. The molecule has 0 atom stereocenters. The predicted octanol–water partition coefficient (Wildman–Crippen LogP) is 3.98. The minimum absolute atomic E-state index is 0.321. The molecule has 0 aliphatic rings. The fourth-order valence-electron chi connectivity index (χ4n) is 2.16. The Morgan fingerprint density at radius 1 is 1.17 bits per heavy atom. The molecule has 1 amide bonds. The summed E-state index contributed by atoms with van der Waals surface area (Å²) in [5.41, 5.74) is 1.35. The lowest BCUT2D eigenvalue weighted by Gasteiger charge is -2.09. The van der Waals surface area contributed by atoms with Gasteiger partial charge >= 0.3 is 0 Å². The van der Waals surface area contributed by atoms with Gasteiger partial charge in [0.2, 0.25) is 0 Å². The molecular weight excluding hydrogens is 317 g/mol. The molecule has 0 saturated carbocycles. The lowest BCUT2D eigenvalue weighted by molar-refractivity contribution is 0.102. The lowest BCUT2D eigenvalue weighted by Crippen LogP contribution is -2.16. The topological polar surface area (TPSA) is 46.9 Å². The average molecular weight is 330 g/mol. The van der Waals surface area contributed by atoms with Gasteiger partial charge in [0.1, 0.15) is 11.6 Å². The molecule has 1 heterocycles. The fraction of sp³-hybridized carbons (Fsp3) is 0.0588. The van der Waals surface area contributed by atoms with Crippen molar-refractivity contribution >= 4 is 23.3 Å². The Labute approximate surface area is 137 Å². The van der Waals surface area contributed by atoms with Gasteiger partial charge in [0.25, 0.3) is 5.91 Å². The molecule has 23 heavy (non-hydrogen) atoms. The van der Waals surface area contributed by atoms with E-state index in [-0.39, 0.29) is 11.7 Å². The van der Waals surface area contributed by atoms with E-state index in [1.807, 2.05) is 18.2 Å². The molecule has 1 N–H and O–H groups in total. The quantitative estimate of drug-likeness (QED) is 0.787. The van der Waals surface area contributed by atoms with Crippen LogP contribution in [0.5, 0.6) is 0 Å². The zero-order valence-corrected chi connectivity index (χ0v) is 12.8. The van der Waals surface area contributed by atoms with Crippen LogP contribution in [0, 0.1) is 5.82 Å². The third kappa shape index (κ3) is 3.76. The number of hydrogen-bond acceptors (Lipinski definition) is 2. The Bertz CT molecular complexity index is 830. The summed E-state index contributed by atoms with van der Waals surface area (Å²) in [6.45, 7) is 0.479. The van der Waals surface area contributed by atoms with Crippen molar-refractivity contribution < 1.29 is 9.18 Å². The number of nitrogens with zero attached hydrogens (tertiary/aromatic N) is 2. The number of amides is 1. The first-order chi connectivity index (χ1) is 11.1. The van der Waals surface area contributed by atoms with Crippen molar-refractivity contribution in [1.29, 1.82) is 0 Å². The number of carbonyl (C=O) groups is 1. The Kier molecular flexibility index (Phi) is 4.39. The zero-order valence-electron chi connectivity index (χ0n) is 12.0. The highest BCUT2D eigenvalue weighted by Gasteiger charge is 2.10. The summed E-state index contributed by atoms with van der Waals surface area (Å²) in [7, 11) is 0. The van der Waals surface area contributed by atoms with Crippen LogP contribution in [-0.4, -0.2) is 15.7 Å². The average Bonchev–Trinajstić information content (AvgIpc) is 2.95. The number of nitrogens with one attached hydrogen (secondary N) is 1. The summed E-state index contributed by atoms with van der Waals surface area (Å²) in [4.78, 5) is 12.2. The number of carbonyl (C=O) groups excluding carboxylic acids is 1. The van der Waals surface area contributed by atoms with E-state index in [1.165, 1.54) is 24.3 Å². The van der Waals surface area contributed by atoms with Gasteiger partial charge in [-0.1, -0.05) is 23.7 Å². The van der Waals surface area contributed by atoms with E-state index in [2.05, 4.69) is 10.4 Å². The van der Waals surface area contributed by atoms with E-state index in [0.717, 1.165) is 5.56 Å². The molecule has 4 nitrogen and oxygen atoms in total. The Hall–Kier alpha value is -2.66. The van der Waals surface area contributed by atoms with E-state index in [4.69, 9.17) is 11.6 Å². The van der Waals surface area contributed by atoms with Crippen molar-refractivity contribution in [2.24, 2.45) is 0 Å². The van der Waals surface area contributed by atoms with Crippen molar-refractivity contribution in [2.45, 2.75) is 6.54 Å². The highest BCUT2D eigenvalue weighted by molar-refractivity contribution is 6.30. The number of rotatable bonds is 4. The minimum atomic E-state index is -0.382. The van der Waals surface area contributed by atoms with Gasteiger partial charge in [0.05, 0.1) is 12.7 Å². The van der Waals surface area contributed by atoms with Crippen molar-refractivity contribution in [1.82, 2.24) is 9.78 Å². The SMILES string of the molecule is O=C(Nc1ccnn1Cc1cccc(Cl)c1)c1ccc(F)cc1. The van der Waals surface area contributed by atoms with Crippen LogP contribution in [0.25, 0.3) is 0 Å². The van der Waals surface area contributed by atoms with Crippen LogP contribution >= 0.6 is 11.6 Å². The molecule has 0 saturated heterocycles. The maximum atomic E-state index is 12.9. The highest BCUT2D eigenvalue weighted by atomic mass is 35.5. The first-order valence-corrected chi connectivity index (χ1v) is 7.33. The van der Waals surface area contributed by atoms with Gasteiger partial charge in [-0.15, -0.1) is 0 Å². The summed E-state index contributed by atoms with van der Waals surface area (Å²) in [6, 6.07) is 14.5. The molecule has 3 aromatic rings. The van der Waals surface area contributed by atoms with Gasteiger partial charge in [-0.3, -0.25) is 4.79 Å². The van der Waals surface area contributed by atoms with E-state index in [9.17, 15) is 9.18 Å². The van der Waals surface area contributed by atoms with E-state index in [0.29, 0.717) is 22.9 Å². The number of anilines is 1. The highest BCUT2D eigenvalue weighted by Crippen LogP contribution is 2.15. The van der Waals surface area contributed by atoms with Crippen LogP contribution in [-0.2, 0) is 6.54 Å². The molecule has 6 heteroatoms. The second kappa shape index (κ2) is 6.62. The maximum absolute atomic E-state index is 12.9. The van der Waals surface area contributed by atoms with Gasteiger partial charge in [-0.25, -0.2) is 9.07 Å². The molecule has 3 rings (SSSR count). The largest absolute Gasteiger partial charge is 0.307 e. The van der Waals surface area contributed by atoms with Crippen molar-refractivity contribution in [3.05, 3.63) is 82.8 Å². The van der Waals surface area contributed by atoms with E-state index < -0.39 is 0 Å². The summed E-state index contributed by atoms with van der Waals surface area (Å²) in [5, 5.41) is 7.61. The van der Waals surface area contributed by atoms with E-state index in [1.54, 1.807) is 23.0 Å². The summed E-state index contributed by atoms with van der Waals surface area (Å²) < 4.78 is 14.6. The molecule has 0 aliphatic heterocycles. The number of benzene rings is 2.